The molecule has 2 heterocycles. The molecule has 0 spiro atoms. The third-order valence-corrected chi connectivity index (χ3v) is 5.00. The van der Waals surface area contributed by atoms with Gasteiger partial charge in [-0.1, -0.05) is 30.3 Å². The number of carbonyl (C=O) groups is 2. The molecule has 1 aromatic heterocycles. The number of nitrogens with zero attached hydrogens (tertiary/aromatic N) is 3. The Labute approximate surface area is 167 Å². The predicted molar refractivity (Wildman–Crippen MR) is 107 cm³/mol. The number of rotatable bonds is 5. The highest BCUT2D eigenvalue weighted by molar-refractivity contribution is 5.98. The number of carbonyl (C=O) groups excluding carboxylic acids is 2. The molecule has 0 saturated carbocycles. The quantitative estimate of drug-likeness (QED) is 0.720. The molecule has 1 saturated heterocycles. The molecular formula is C22H21FN4O2. The zero-order valence-electron chi connectivity index (χ0n) is 15.8. The molecule has 148 valence electrons. The summed E-state index contributed by atoms with van der Waals surface area (Å²) in [5.74, 6) is -0.907. The molecule has 0 radical (unpaired) electrons. The fraction of sp³-hybridized carbons (Fsp3) is 0.227. The summed E-state index contributed by atoms with van der Waals surface area (Å²) < 4.78 is 15.9. The van der Waals surface area contributed by atoms with Crippen LogP contribution < -0.4 is 5.32 Å². The Hall–Kier alpha value is -3.48. The summed E-state index contributed by atoms with van der Waals surface area (Å²) in [6.45, 7) is 0.526. The molecule has 6 nitrogen and oxygen atoms in total. The first kappa shape index (κ1) is 18.9. The van der Waals surface area contributed by atoms with E-state index in [2.05, 4.69) is 10.4 Å². The van der Waals surface area contributed by atoms with Gasteiger partial charge < -0.3 is 10.2 Å². The van der Waals surface area contributed by atoms with Crippen LogP contribution in [0.3, 0.4) is 0 Å². The van der Waals surface area contributed by atoms with E-state index < -0.39 is 11.9 Å². The Kier molecular flexibility index (Phi) is 5.37. The van der Waals surface area contributed by atoms with E-state index in [1.54, 1.807) is 35.5 Å². The second kappa shape index (κ2) is 8.26. The fourth-order valence-corrected chi connectivity index (χ4v) is 3.60. The van der Waals surface area contributed by atoms with Gasteiger partial charge in [0, 0.05) is 31.0 Å². The summed E-state index contributed by atoms with van der Waals surface area (Å²) in [6.07, 6.45) is 5.33. The summed E-state index contributed by atoms with van der Waals surface area (Å²) in [4.78, 5) is 27.2. The third-order valence-electron chi connectivity index (χ3n) is 5.00. The van der Waals surface area contributed by atoms with Gasteiger partial charge in [0.05, 0.1) is 0 Å². The Morgan fingerprint density at radius 1 is 1.10 bits per heavy atom. The van der Waals surface area contributed by atoms with Crippen molar-refractivity contribution in [3.8, 4) is 5.69 Å². The van der Waals surface area contributed by atoms with Gasteiger partial charge >= 0.3 is 0 Å². The average molecular weight is 392 g/mol. The molecule has 29 heavy (non-hydrogen) atoms. The molecule has 1 atom stereocenters. The zero-order valence-corrected chi connectivity index (χ0v) is 15.8. The number of piperidine rings is 1. The first-order chi connectivity index (χ1) is 14.1. The van der Waals surface area contributed by atoms with E-state index in [0.717, 1.165) is 18.4 Å². The van der Waals surface area contributed by atoms with Crippen LogP contribution in [-0.4, -0.2) is 33.0 Å². The molecule has 7 heteroatoms. The lowest BCUT2D eigenvalue weighted by atomic mass is 10.0. The van der Waals surface area contributed by atoms with Crippen LogP contribution in [0.5, 0.6) is 0 Å². The summed E-state index contributed by atoms with van der Waals surface area (Å²) >= 11 is 0. The molecule has 0 aliphatic carbocycles. The van der Waals surface area contributed by atoms with Gasteiger partial charge in [0.2, 0.25) is 5.91 Å². The molecule has 1 unspecified atom stereocenters. The van der Waals surface area contributed by atoms with Crippen molar-refractivity contribution >= 4 is 17.5 Å². The second-order valence-corrected chi connectivity index (χ2v) is 6.96. The molecule has 1 N–H and O–H groups in total. The standard InChI is InChI=1S/C22H21FN4O2/c23-18-15-17(10-11-19(18)27-14-6-12-24-27)25-22(29)21(16-7-2-1-3-8-16)26-13-5-4-9-20(26)28/h1-3,6-8,10-12,14-15,21H,4-5,9,13H2,(H,25,29). The van der Waals surface area contributed by atoms with Crippen molar-refractivity contribution in [1.82, 2.24) is 14.7 Å². The van der Waals surface area contributed by atoms with Crippen molar-refractivity contribution in [3.05, 3.63) is 78.4 Å². The number of amides is 2. The van der Waals surface area contributed by atoms with E-state index in [1.165, 1.54) is 10.7 Å². The van der Waals surface area contributed by atoms with Crippen LogP contribution in [0.1, 0.15) is 30.9 Å². The monoisotopic (exact) mass is 392 g/mol. The molecule has 3 aromatic rings. The Balaban J connectivity index is 1.60. The number of benzene rings is 2. The second-order valence-electron chi connectivity index (χ2n) is 6.96. The van der Waals surface area contributed by atoms with Crippen LogP contribution in [0.25, 0.3) is 5.69 Å². The van der Waals surface area contributed by atoms with Crippen molar-refractivity contribution in [2.45, 2.75) is 25.3 Å². The highest BCUT2D eigenvalue weighted by atomic mass is 19.1. The number of hydrogen-bond donors (Lipinski definition) is 1. The molecule has 1 aliphatic rings. The summed E-state index contributed by atoms with van der Waals surface area (Å²) in [6, 6.07) is 14.6. The highest BCUT2D eigenvalue weighted by Crippen LogP contribution is 2.27. The summed E-state index contributed by atoms with van der Waals surface area (Å²) in [5, 5.41) is 6.79. The lowest BCUT2D eigenvalue weighted by Gasteiger charge is -2.34. The van der Waals surface area contributed by atoms with E-state index in [1.807, 2.05) is 30.3 Å². The Morgan fingerprint density at radius 3 is 2.62 bits per heavy atom. The van der Waals surface area contributed by atoms with Gasteiger partial charge in [-0.3, -0.25) is 9.59 Å². The van der Waals surface area contributed by atoms with Crippen LogP contribution in [-0.2, 0) is 9.59 Å². The lowest BCUT2D eigenvalue weighted by molar-refractivity contribution is -0.141. The van der Waals surface area contributed by atoms with E-state index in [0.29, 0.717) is 24.3 Å². The number of aromatic nitrogens is 2. The van der Waals surface area contributed by atoms with E-state index in [-0.39, 0.29) is 11.8 Å². The van der Waals surface area contributed by atoms with Crippen molar-refractivity contribution in [1.29, 1.82) is 0 Å². The number of nitrogens with one attached hydrogen (secondary N) is 1. The van der Waals surface area contributed by atoms with Gasteiger partial charge in [0.15, 0.2) is 5.82 Å². The minimum absolute atomic E-state index is 0.0412. The first-order valence-corrected chi connectivity index (χ1v) is 9.58. The highest BCUT2D eigenvalue weighted by Gasteiger charge is 2.32. The molecule has 4 rings (SSSR count). The maximum absolute atomic E-state index is 14.5. The van der Waals surface area contributed by atoms with Crippen LogP contribution >= 0.6 is 0 Å². The van der Waals surface area contributed by atoms with Crippen LogP contribution in [0.2, 0.25) is 0 Å². The van der Waals surface area contributed by atoms with Gasteiger partial charge in [0.1, 0.15) is 11.7 Å². The molecule has 0 bridgehead atoms. The number of hydrogen-bond acceptors (Lipinski definition) is 3. The van der Waals surface area contributed by atoms with Gasteiger partial charge in [-0.25, -0.2) is 9.07 Å². The maximum Gasteiger partial charge on any atom is 0.251 e. The Morgan fingerprint density at radius 2 is 1.93 bits per heavy atom. The Bertz CT molecular complexity index is 1000. The zero-order chi connectivity index (χ0) is 20.2. The molecular weight excluding hydrogens is 371 g/mol. The van der Waals surface area contributed by atoms with Gasteiger partial charge in [-0.05, 0) is 42.7 Å². The number of anilines is 1. The van der Waals surface area contributed by atoms with Crippen molar-refractivity contribution in [2.75, 3.05) is 11.9 Å². The van der Waals surface area contributed by atoms with Crippen molar-refractivity contribution in [2.24, 2.45) is 0 Å². The van der Waals surface area contributed by atoms with Gasteiger partial charge in [0.25, 0.3) is 5.91 Å². The minimum atomic E-state index is -0.752. The van der Waals surface area contributed by atoms with E-state index in [4.69, 9.17) is 0 Å². The normalized spacial score (nSPS) is 15.2. The van der Waals surface area contributed by atoms with E-state index in [9.17, 15) is 14.0 Å². The average Bonchev–Trinajstić information content (AvgIpc) is 3.25. The topological polar surface area (TPSA) is 67.2 Å². The van der Waals surface area contributed by atoms with E-state index >= 15 is 0 Å². The molecule has 1 fully saturated rings. The fourth-order valence-electron chi connectivity index (χ4n) is 3.60. The predicted octanol–water partition coefficient (Wildman–Crippen LogP) is 3.70. The molecule has 1 aliphatic heterocycles. The number of halogens is 1. The van der Waals surface area contributed by atoms with Crippen LogP contribution in [0.4, 0.5) is 10.1 Å². The SMILES string of the molecule is O=C(Nc1ccc(-n2cccn2)c(F)c1)C(c1ccccc1)N1CCCCC1=O. The smallest absolute Gasteiger partial charge is 0.251 e. The van der Waals surface area contributed by atoms with Crippen LogP contribution in [0.15, 0.2) is 67.0 Å². The first-order valence-electron chi connectivity index (χ1n) is 9.58. The minimum Gasteiger partial charge on any atom is -0.327 e. The van der Waals surface area contributed by atoms with Crippen molar-refractivity contribution in [3.63, 3.8) is 0 Å². The summed E-state index contributed by atoms with van der Waals surface area (Å²) in [7, 11) is 0. The maximum atomic E-state index is 14.5. The largest absolute Gasteiger partial charge is 0.327 e. The summed E-state index contributed by atoms with van der Waals surface area (Å²) in [5.41, 5.74) is 1.35. The van der Waals surface area contributed by atoms with Gasteiger partial charge in [-0.2, -0.15) is 5.10 Å². The third kappa shape index (κ3) is 4.03. The van der Waals surface area contributed by atoms with Gasteiger partial charge in [-0.15, -0.1) is 0 Å². The number of likely N-dealkylation sites (tertiary alicyclic amines) is 1. The molecule has 2 aromatic carbocycles. The van der Waals surface area contributed by atoms with Crippen LogP contribution in [0, 0.1) is 5.82 Å². The lowest BCUT2D eigenvalue weighted by Crippen LogP contribution is -2.43. The van der Waals surface area contributed by atoms with Crippen molar-refractivity contribution < 1.29 is 14.0 Å². The molecule has 2 amide bonds.